The molecule has 0 atom stereocenters. The zero-order chi connectivity index (χ0) is 16.9. The number of anilines is 1. The Balaban J connectivity index is 1.51. The van der Waals surface area contributed by atoms with Crippen LogP contribution in [0.25, 0.3) is 0 Å². The van der Waals surface area contributed by atoms with Crippen LogP contribution in [0.15, 0.2) is 48.5 Å². The van der Waals surface area contributed by atoms with Gasteiger partial charge in [-0.1, -0.05) is 35.9 Å². The first kappa shape index (κ1) is 16.6. The Labute approximate surface area is 145 Å². The number of piperazine rings is 1. The van der Waals surface area contributed by atoms with E-state index < -0.39 is 0 Å². The SMILES string of the molecule is O=C(NCc1ccccc1Cl)N1CCN(c2cccc(F)c2)CC1. The zero-order valence-corrected chi connectivity index (χ0v) is 14.0. The summed E-state index contributed by atoms with van der Waals surface area (Å²) in [6.45, 7) is 2.98. The Morgan fingerprint density at radius 2 is 1.83 bits per heavy atom. The lowest BCUT2D eigenvalue weighted by atomic mass is 10.2. The van der Waals surface area contributed by atoms with Crippen LogP contribution in [0.5, 0.6) is 0 Å². The van der Waals surface area contributed by atoms with E-state index in [-0.39, 0.29) is 11.8 Å². The molecule has 0 unspecified atom stereocenters. The number of carbonyl (C=O) groups excluding carboxylic acids is 1. The molecule has 0 radical (unpaired) electrons. The Morgan fingerprint density at radius 1 is 1.08 bits per heavy atom. The van der Waals surface area contributed by atoms with Gasteiger partial charge in [0.2, 0.25) is 0 Å². The predicted octanol–water partition coefficient (Wildman–Crippen LogP) is 3.51. The Kier molecular flexibility index (Phi) is 5.20. The molecule has 2 aromatic carbocycles. The molecule has 24 heavy (non-hydrogen) atoms. The molecule has 4 nitrogen and oxygen atoms in total. The highest BCUT2D eigenvalue weighted by molar-refractivity contribution is 6.31. The average Bonchev–Trinajstić information content (AvgIpc) is 2.61. The van der Waals surface area contributed by atoms with Crippen molar-refractivity contribution in [1.82, 2.24) is 10.2 Å². The molecule has 0 aliphatic carbocycles. The van der Waals surface area contributed by atoms with E-state index in [1.165, 1.54) is 12.1 Å². The molecular formula is C18H19ClFN3O. The molecule has 126 valence electrons. The van der Waals surface area contributed by atoms with Gasteiger partial charge in [0.15, 0.2) is 0 Å². The molecule has 0 saturated carbocycles. The van der Waals surface area contributed by atoms with E-state index in [2.05, 4.69) is 10.2 Å². The summed E-state index contributed by atoms with van der Waals surface area (Å²) in [5.41, 5.74) is 1.75. The van der Waals surface area contributed by atoms with Crippen molar-refractivity contribution in [3.05, 3.63) is 64.9 Å². The van der Waals surface area contributed by atoms with Gasteiger partial charge in [0.25, 0.3) is 0 Å². The van der Waals surface area contributed by atoms with Crippen molar-refractivity contribution in [3.8, 4) is 0 Å². The first-order valence-electron chi connectivity index (χ1n) is 7.90. The van der Waals surface area contributed by atoms with Crippen molar-refractivity contribution in [2.24, 2.45) is 0 Å². The monoisotopic (exact) mass is 347 g/mol. The molecule has 1 fully saturated rings. The molecule has 3 rings (SSSR count). The number of halogens is 2. The number of carbonyl (C=O) groups is 1. The number of nitrogens with one attached hydrogen (secondary N) is 1. The van der Waals surface area contributed by atoms with Crippen LogP contribution in [-0.4, -0.2) is 37.1 Å². The Bertz CT molecular complexity index is 717. The van der Waals surface area contributed by atoms with Gasteiger partial charge in [-0.2, -0.15) is 0 Å². The molecule has 1 aliphatic heterocycles. The highest BCUT2D eigenvalue weighted by Gasteiger charge is 2.21. The number of nitrogens with zero attached hydrogens (tertiary/aromatic N) is 2. The van der Waals surface area contributed by atoms with E-state index in [1.54, 1.807) is 17.0 Å². The molecule has 0 bridgehead atoms. The van der Waals surface area contributed by atoms with Gasteiger partial charge in [-0.3, -0.25) is 0 Å². The van der Waals surface area contributed by atoms with Crippen molar-refractivity contribution >= 4 is 23.3 Å². The van der Waals surface area contributed by atoms with Crippen LogP contribution in [0, 0.1) is 5.82 Å². The Morgan fingerprint density at radius 3 is 2.54 bits per heavy atom. The molecular weight excluding hydrogens is 329 g/mol. The molecule has 1 saturated heterocycles. The quantitative estimate of drug-likeness (QED) is 0.922. The second-order valence-electron chi connectivity index (χ2n) is 5.70. The zero-order valence-electron chi connectivity index (χ0n) is 13.2. The van der Waals surface area contributed by atoms with Gasteiger partial charge >= 0.3 is 6.03 Å². The molecule has 2 aromatic rings. The lowest BCUT2D eigenvalue weighted by molar-refractivity contribution is 0.194. The average molecular weight is 348 g/mol. The third-order valence-corrected chi connectivity index (χ3v) is 4.50. The van der Waals surface area contributed by atoms with Crippen molar-refractivity contribution in [3.63, 3.8) is 0 Å². The minimum atomic E-state index is -0.243. The van der Waals surface area contributed by atoms with Gasteiger partial charge in [-0.15, -0.1) is 0 Å². The van der Waals surface area contributed by atoms with Crippen molar-refractivity contribution < 1.29 is 9.18 Å². The van der Waals surface area contributed by atoms with E-state index in [4.69, 9.17) is 11.6 Å². The van der Waals surface area contributed by atoms with Gasteiger partial charge in [-0.25, -0.2) is 9.18 Å². The first-order valence-corrected chi connectivity index (χ1v) is 8.28. The highest BCUT2D eigenvalue weighted by Crippen LogP contribution is 2.18. The summed E-state index contributed by atoms with van der Waals surface area (Å²) >= 11 is 6.09. The lowest BCUT2D eigenvalue weighted by Crippen LogP contribution is -2.51. The standard InChI is InChI=1S/C18H19ClFN3O/c19-17-7-2-1-4-14(17)13-21-18(24)23-10-8-22(9-11-23)16-6-3-5-15(20)12-16/h1-7,12H,8-11,13H2,(H,21,24). The van der Waals surface area contributed by atoms with Crippen LogP contribution in [0.1, 0.15) is 5.56 Å². The van der Waals surface area contributed by atoms with Crippen LogP contribution in [0.3, 0.4) is 0 Å². The van der Waals surface area contributed by atoms with Crippen LogP contribution < -0.4 is 10.2 Å². The van der Waals surface area contributed by atoms with Crippen LogP contribution in [-0.2, 0) is 6.54 Å². The van der Waals surface area contributed by atoms with Gasteiger partial charge in [-0.05, 0) is 29.8 Å². The summed E-state index contributed by atoms with van der Waals surface area (Å²) in [6.07, 6.45) is 0. The highest BCUT2D eigenvalue weighted by atomic mass is 35.5. The van der Waals surface area contributed by atoms with Gasteiger partial charge in [0.1, 0.15) is 5.82 Å². The van der Waals surface area contributed by atoms with E-state index >= 15 is 0 Å². The van der Waals surface area contributed by atoms with E-state index in [1.807, 2.05) is 24.3 Å². The number of amides is 2. The molecule has 6 heteroatoms. The fourth-order valence-electron chi connectivity index (χ4n) is 2.76. The third-order valence-electron chi connectivity index (χ3n) is 4.13. The maximum Gasteiger partial charge on any atom is 0.317 e. The van der Waals surface area contributed by atoms with E-state index in [0.717, 1.165) is 11.3 Å². The molecule has 1 aliphatic rings. The van der Waals surface area contributed by atoms with Crippen molar-refractivity contribution in [1.29, 1.82) is 0 Å². The summed E-state index contributed by atoms with van der Waals surface area (Å²) in [5, 5.41) is 3.54. The number of rotatable bonds is 3. The Hall–Kier alpha value is -2.27. The number of benzene rings is 2. The molecule has 1 heterocycles. The third kappa shape index (κ3) is 3.97. The van der Waals surface area contributed by atoms with E-state index in [9.17, 15) is 9.18 Å². The van der Waals surface area contributed by atoms with E-state index in [0.29, 0.717) is 37.7 Å². The summed E-state index contributed by atoms with van der Waals surface area (Å²) < 4.78 is 13.3. The van der Waals surface area contributed by atoms with Gasteiger partial charge in [0, 0.05) is 43.4 Å². The smallest absolute Gasteiger partial charge is 0.317 e. The normalized spacial score (nSPS) is 14.6. The topological polar surface area (TPSA) is 35.6 Å². The minimum absolute atomic E-state index is 0.103. The summed E-state index contributed by atoms with van der Waals surface area (Å²) in [6, 6.07) is 13.9. The predicted molar refractivity (Wildman–Crippen MR) is 93.9 cm³/mol. The maximum absolute atomic E-state index is 13.3. The fraction of sp³-hybridized carbons (Fsp3) is 0.278. The summed E-state index contributed by atoms with van der Waals surface area (Å²) in [4.78, 5) is 16.1. The second kappa shape index (κ2) is 7.53. The molecule has 0 spiro atoms. The lowest BCUT2D eigenvalue weighted by Gasteiger charge is -2.36. The molecule has 0 aromatic heterocycles. The molecule has 1 N–H and O–H groups in total. The van der Waals surface area contributed by atoms with Crippen LogP contribution >= 0.6 is 11.6 Å². The fourth-order valence-corrected chi connectivity index (χ4v) is 2.97. The first-order chi connectivity index (χ1) is 11.6. The van der Waals surface area contributed by atoms with Crippen LogP contribution in [0.4, 0.5) is 14.9 Å². The number of hydrogen-bond acceptors (Lipinski definition) is 2. The van der Waals surface area contributed by atoms with Crippen LogP contribution in [0.2, 0.25) is 5.02 Å². The largest absolute Gasteiger partial charge is 0.368 e. The van der Waals surface area contributed by atoms with Crippen molar-refractivity contribution in [2.75, 3.05) is 31.1 Å². The number of urea groups is 1. The van der Waals surface area contributed by atoms with Crippen molar-refractivity contribution in [2.45, 2.75) is 6.54 Å². The molecule has 2 amide bonds. The summed E-state index contributed by atoms with van der Waals surface area (Å²) in [7, 11) is 0. The van der Waals surface area contributed by atoms with Gasteiger partial charge < -0.3 is 15.1 Å². The maximum atomic E-state index is 13.3. The second-order valence-corrected chi connectivity index (χ2v) is 6.11. The minimum Gasteiger partial charge on any atom is -0.368 e. The summed E-state index contributed by atoms with van der Waals surface area (Å²) in [5.74, 6) is -0.243. The van der Waals surface area contributed by atoms with Gasteiger partial charge in [0.05, 0.1) is 0 Å². The number of hydrogen-bond donors (Lipinski definition) is 1.